The highest BCUT2D eigenvalue weighted by Gasteiger charge is 2.13. The van der Waals surface area contributed by atoms with E-state index in [-0.39, 0.29) is 5.97 Å². The highest BCUT2D eigenvalue weighted by atomic mass is 16.5. The Kier molecular flexibility index (Phi) is 5.11. The van der Waals surface area contributed by atoms with Gasteiger partial charge in [-0.1, -0.05) is 18.2 Å². The molecule has 0 unspecified atom stereocenters. The van der Waals surface area contributed by atoms with Crippen LogP contribution in [0, 0.1) is 6.92 Å². The maximum atomic E-state index is 11.8. The Hall–Kier alpha value is -2.10. The third kappa shape index (κ3) is 3.45. The van der Waals surface area contributed by atoms with E-state index >= 15 is 0 Å². The lowest BCUT2D eigenvalue weighted by Crippen LogP contribution is -2.08. The van der Waals surface area contributed by atoms with Crippen LogP contribution >= 0.6 is 0 Å². The second kappa shape index (κ2) is 6.59. The SMILES string of the molecule is CCOC(=O)c1c(C)cccc1/C=C/C(=O)OC. The van der Waals surface area contributed by atoms with E-state index in [9.17, 15) is 9.59 Å². The van der Waals surface area contributed by atoms with Crippen molar-refractivity contribution in [3.8, 4) is 0 Å². The maximum absolute atomic E-state index is 11.8. The number of aryl methyl sites for hydroxylation is 1. The van der Waals surface area contributed by atoms with Gasteiger partial charge in [-0.2, -0.15) is 0 Å². The average Bonchev–Trinajstić information content (AvgIpc) is 2.36. The van der Waals surface area contributed by atoms with Crippen molar-refractivity contribution >= 4 is 18.0 Å². The minimum atomic E-state index is -0.466. The van der Waals surface area contributed by atoms with E-state index in [1.54, 1.807) is 19.1 Å². The number of esters is 2. The number of carbonyl (C=O) groups excluding carboxylic acids is 2. The number of benzene rings is 1. The molecule has 0 radical (unpaired) electrons. The molecule has 1 aromatic rings. The summed E-state index contributed by atoms with van der Waals surface area (Å²) in [4.78, 5) is 22.9. The zero-order valence-corrected chi connectivity index (χ0v) is 10.7. The van der Waals surface area contributed by atoms with Crippen LogP contribution in [0.5, 0.6) is 0 Å². The summed E-state index contributed by atoms with van der Waals surface area (Å²) >= 11 is 0. The van der Waals surface area contributed by atoms with Gasteiger partial charge in [0.25, 0.3) is 0 Å². The number of ether oxygens (including phenoxy) is 2. The first-order valence-corrected chi connectivity index (χ1v) is 5.63. The smallest absolute Gasteiger partial charge is 0.338 e. The molecule has 0 aliphatic heterocycles. The zero-order chi connectivity index (χ0) is 13.5. The van der Waals surface area contributed by atoms with E-state index in [1.807, 2.05) is 19.1 Å². The Morgan fingerprint density at radius 2 is 2.06 bits per heavy atom. The topological polar surface area (TPSA) is 52.6 Å². The highest BCUT2D eigenvalue weighted by Crippen LogP contribution is 2.17. The van der Waals surface area contributed by atoms with Crippen LogP contribution in [0.25, 0.3) is 6.08 Å². The maximum Gasteiger partial charge on any atom is 0.338 e. The Balaban J connectivity index is 3.11. The van der Waals surface area contributed by atoms with Crippen LogP contribution in [0.4, 0.5) is 0 Å². The van der Waals surface area contributed by atoms with Crippen molar-refractivity contribution in [2.24, 2.45) is 0 Å². The molecule has 0 aromatic heterocycles. The molecule has 1 aromatic carbocycles. The van der Waals surface area contributed by atoms with Crippen LogP contribution in [-0.4, -0.2) is 25.7 Å². The molecule has 4 nitrogen and oxygen atoms in total. The number of rotatable bonds is 4. The van der Waals surface area contributed by atoms with Gasteiger partial charge in [0.05, 0.1) is 19.3 Å². The van der Waals surface area contributed by atoms with Gasteiger partial charge in [0.1, 0.15) is 0 Å². The first-order chi connectivity index (χ1) is 8.60. The zero-order valence-electron chi connectivity index (χ0n) is 10.7. The molecule has 0 heterocycles. The number of carbonyl (C=O) groups is 2. The van der Waals surface area contributed by atoms with Crippen LogP contribution in [0.3, 0.4) is 0 Å². The lowest BCUT2D eigenvalue weighted by Gasteiger charge is -2.08. The highest BCUT2D eigenvalue weighted by molar-refractivity contribution is 5.97. The van der Waals surface area contributed by atoms with Crippen molar-refractivity contribution in [3.05, 3.63) is 41.0 Å². The molecule has 0 N–H and O–H groups in total. The number of hydrogen-bond donors (Lipinski definition) is 0. The fourth-order valence-electron chi connectivity index (χ4n) is 1.54. The quantitative estimate of drug-likeness (QED) is 0.606. The predicted molar refractivity (Wildman–Crippen MR) is 68.2 cm³/mol. The van der Waals surface area contributed by atoms with Crippen LogP contribution in [0.15, 0.2) is 24.3 Å². The largest absolute Gasteiger partial charge is 0.466 e. The van der Waals surface area contributed by atoms with Crippen molar-refractivity contribution in [2.45, 2.75) is 13.8 Å². The van der Waals surface area contributed by atoms with Crippen molar-refractivity contribution in [1.29, 1.82) is 0 Å². The Morgan fingerprint density at radius 1 is 1.33 bits per heavy atom. The minimum Gasteiger partial charge on any atom is -0.466 e. The van der Waals surface area contributed by atoms with Crippen molar-refractivity contribution in [2.75, 3.05) is 13.7 Å². The van der Waals surface area contributed by atoms with E-state index in [1.165, 1.54) is 13.2 Å². The molecule has 4 heteroatoms. The van der Waals surface area contributed by atoms with Gasteiger partial charge in [0.15, 0.2) is 0 Å². The van der Waals surface area contributed by atoms with Gasteiger partial charge >= 0.3 is 11.9 Å². The molecule has 0 fully saturated rings. The average molecular weight is 248 g/mol. The Morgan fingerprint density at radius 3 is 2.67 bits per heavy atom. The van der Waals surface area contributed by atoms with Gasteiger partial charge in [0, 0.05) is 6.08 Å². The van der Waals surface area contributed by atoms with Gasteiger partial charge in [-0.05, 0) is 31.1 Å². The van der Waals surface area contributed by atoms with Crippen molar-refractivity contribution in [1.82, 2.24) is 0 Å². The van der Waals surface area contributed by atoms with E-state index in [2.05, 4.69) is 4.74 Å². The third-order valence-electron chi connectivity index (χ3n) is 2.38. The van der Waals surface area contributed by atoms with Gasteiger partial charge in [-0.3, -0.25) is 0 Å². The van der Waals surface area contributed by atoms with E-state index in [4.69, 9.17) is 4.74 Å². The molecule has 0 aliphatic carbocycles. The van der Waals surface area contributed by atoms with Crippen LogP contribution in [0.2, 0.25) is 0 Å². The Bertz CT molecular complexity index is 475. The van der Waals surface area contributed by atoms with Crippen LogP contribution in [0.1, 0.15) is 28.4 Å². The van der Waals surface area contributed by atoms with Gasteiger partial charge in [0.2, 0.25) is 0 Å². The van der Waals surface area contributed by atoms with Gasteiger partial charge < -0.3 is 9.47 Å². The summed E-state index contributed by atoms with van der Waals surface area (Å²) < 4.78 is 9.50. The molecule has 0 atom stereocenters. The molecule has 0 amide bonds. The van der Waals surface area contributed by atoms with Crippen LogP contribution in [-0.2, 0) is 14.3 Å². The number of hydrogen-bond acceptors (Lipinski definition) is 4. The predicted octanol–water partition coefficient (Wildman–Crippen LogP) is 2.36. The standard InChI is InChI=1S/C14H16O4/c1-4-18-14(16)13-10(2)6-5-7-11(13)8-9-12(15)17-3/h5-9H,4H2,1-3H3/b9-8+. The minimum absolute atomic E-state index is 0.313. The normalized spacial score (nSPS) is 10.4. The fraction of sp³-hybridized carbons (Fsp3) is 0.286. The first-order valence-electron chi connectivity index (χ1n) is 5.63. The summed E-state index contributed by atoms with van der Waals surface area (Å²) in [7, 11) is 1.30. The van der Waals surface area contributed by atoms with Crippen molar-refractivity contribution < 1.29 is 19.1 Å². The summed E-state index contributed by atoms with van der Waals surface area (Å²) in [6.45, 7) is 3.88. The fourth-order valence-corrected chi connectivity index (χ4v) is 1.54. The summed E-state index contributed by atoms with van der Waals surface area (Å²) in [5, 5.41) is 0. The lowest BCUT2D eigenvalue weighted by atomic mass is 10.0. The second-order valence-electron chi connectivity index (χ2n) is 3.62. The number of methoxy groups -OCH3 is 1. The molecule has 0 bridgehead atoms. The molecule has 0 aliphatic rings. The van der Waals surface area contributed by atoms with Crippen molar-refractivity contribution in [3.63, 3.8) is 0 Å². The summed E-state index contributed by atoms with van der Waals surface area (Å²) in [5.41, 5.74) is 1.92. The molecule has 0 saturated heterocycles. The van der Waals surface area contributed by atoms with E-state index in [0.29, 0.717) is 17.7 Å². The molecule has 0 spiro atoms. The monoisotopic (exact) mass is 248 g/mol. The van der Waals surface area contributed by atoms with E-state index in [0.717, 1.165) is 5.56 Å². The first kappa shape index (κ1) is 14.0. The molecule has 1 rings (SSSR count). The Labute approximate surface area is 106 Å². The molecular formula is C14H16O4. The van der Waals surface area contributed by atoms with Gasteiger partial charge in [-0.25, -0.2) is 9.59 Å². The molecule has 18 heavy (non-hydrogen) atoms. The summed E-state index contributed by atoms with van der Waals surface area (Å²) in [6.07, 6.45) is 2.82. The van der Waals surface area contributed by atoms with E-state index < -0.39 is 5.97 Å². The third-order valence-corrected chi connectivity index (χ3v) is 2.38. The van der Waals surface area contributed by atoms with Crippen LogP contribution < -0.4 is 0 Å². The molecular weight excluding hydrogens is 232 g/mol. The second-order valence-corrected chi connectivity index (χ2v) is 3.62. The molecule has 0 saturated carbocycles. The van der Waals surface area contributed by atoms with Gasteiger partial charge in [-0.15, -0.1) is 0 Å². The summed E-state index contributed by atoms with van der Waals surface area (Å²) in [6, 6.07) is 5.38. The summed E-state index contributed by atoms with van der Waals surface area (Å²) in [5.74, 6) is -0.855. The molecule has 96 valence electrons. The lowest BCUT2D eigenvalue weighted by molar-refractivity contribution is -0.134.